The van der Waals surface area contributed by atoms with Gasteiger partial charge in [0.15, 0.2) is 11.5 Å². The zero-order valence-corrected chi connectivity index (χ0v) is 8.19. The summed E-state index contributed by atoms with van der Waals surface area (Å²) >= 11 is 0. The molecule has 0 spiro atoms. The first-order valence-electron chi connectivity index (χ1n) is 4.48. The Kier molecular flexibility index (Phi) is 2.33. The first-order chi connectivity index (χ1) is 7.16. The van der Waals surface area contributed by atoms with Crippen molar-refractivity contribution >= 4 is 11.5 Å². The number of hydrogen-bond acceptors (Lipinski definition) is 3. The van der Waals surface area contributed by atoms with E-state index in [9.17, 15) is 4.79 Å². The van der Waals surface area contributed by atoms with E-state index in [0.29, 0.717) is 17.1 Å². The first kappa shape index (κ1) is 9.58. The summed E-state index contributed by atoms with van der Waals surface area (Å²) < 4.78 is 10.4. The number of carboxylic acids is 1. The van der Waals surface area contributed by atoms with Gasteiger partial charge in [0.2, 0.25) is 6.79 Å². The Bertz CT molecular complexity index is 434. The maximum Gasteiger partial charge on any atom is 0.328 e. The third-order valence-electron chi connectivity index (χ3n) is 2.17. The van der Waals surface area contributed by atoms with E-state index in [1.165, 1.54) is 0 Å². The predicted molar refractivity (Wildman–Crippen MR) is 53.9 cm³/mol. The molecule has 4 heteroatoms. The van der Waals surface area contributed by atoms with E-state index in [1.807, 2.05) is 6.07 Å². The van der Waals surface area contributed by atoms with Crippen LogP contribution in [-0.2, 0) is 4.79 Å². The number of allylic oxidation sites excluding steroid dienone is 1. The van der Waals surface area contributed by atoms with Crippen LogP contribution in [0.25, 0.3) is 5.57 Å². The van der Waals surface area contributed by atoms with Crippen LogP contribution in [0.1, 0.15) is 12.5 Å². The SMILES string of the molecule is C/C(=C\C(=O)O)c1ccc2c(c1)OCO2. The highest BCUT2D eigenvalue weighted by Gasteiger charge is 2.13. The first-order valence-corrected chi connectivity index (χ1v) is 4.48. The molecule has 78 valence electrons. The van der Waals surface area contributed by atoms with Gasteiger partial charge in [-0.1, -0.05) is 6.07 Å². The minimum Gasteiger partial charge on any atom is -0.478 e. The summed E-state index contributed by atoms with van der Waals surface area (Å²) in [5, 5.41) is 8.61. The molecule has 0 aromatic heterocycles. The summed E-state index contributed by atoms with van der Waals surface area (Å²) in [6.07, 6.45) is 1.16. The van der Waals surface area contributed by atoms with Gasteiger partial charge in [0.05, 0.1) is 0 Å². The zero-order chi connectivity index (χ0) is 10.8. The van der Waals surface area contributed by atoms with Gasteiger partial charge in [-0.15, -0.1) is 0 Å². The highest BCUT2D eigenvalue weighted by molar-refractivity contribution is 5.89. The quantitative estimate of drug-likeness (QED) is 0.751. The fourth-order valence-electron chi connectivity index (χ4n) is 1.41. The molecular weight excluding hydrogens is 196 g/mol. The van der Waals surface area contributed by atoms with E-state index in [2.05, 4.69) is 0 Å². The van der Waals surface area contributed by atoms with Crippen LogP contribution >= 0.6 is 0 Å². The van der Waals surface area contributed by atoms with Crippen molar-refractivity contribution in [1.82, 2.24) is 0 Å². The molecule has 0 radical (unpaired) electrons. The third kappa shape index (κ3) is 1.93. The molecule has 1 aliphatic heterocycles. The van der Waals surface area contributed by atoms with Gasteiger partial charge in [-0.2, -0.15) is 0 Å². The van der Waals surface area contributed by atoms with Crippen LogP contribution in [-0.4, -0.2) is 17.9 Å². The van der Waals surface area contributed by atoms with Crippen molar-refractivity contribution < 1.29 is 19.4 Å². The Hall–Kier alpha value is -1.97. The lowest BCUT2D eigenvalue weighted by molar-refractivity contribution is -0.131. The molecule has 0 saturated heterocycles. The molecule has 0 amide bonds. The lowest BCUT2D eigenvalue weighted by atomic mass is 10.1. The molecule has 0 aliphatic carbocycles. The molecule has 1 aliphatic rings. The average molecular weight is 206 g/mol. The molecule has 0 fully saturated rings. The highest BCUT2D eigenvalue weighted by Crippen LogP contribution is 2.34. The maximum absolute atomic E-state index is 10.5. The Morgan fingerprint density at radius 2 is 2.13 bits per heavy atom. The fraction of sp³-hybridized carbons (Fsp3) is 0.182. The number of ether oxygens (including phenoxy) is 2. The normalized spacial score (nSPS) is 14.1. The van der Waals surface area contributed by atoms with Crippen LogP contribution in [0.3, 0.4) is 0 Å². The number of benzene rings is 1. The second-order valence-electron chi connectivity index (χ2n) is 3.23. The number of rotatable bonds is 2. The minimum absolute atomic E-state index is 0.223. The van der Waals surface area contributed by atoms with Crippen LogP contribution in [0.5, 0.6) is 11.5 Å². The molecule has 4 nitrogen and oxygen atoms in total. The van der Waals surface area contributed by atoms with Gasteiger partial charge in [-0.05, 0) is 30.2 Å². The van der Waals surface area contributed by atoms with Crippen LogP contribution in [0.2, 0.25) is 0 Å². The standard InChI is InChI=1S/C11H10O4/c1-7(4-11(12)13)8-2-3-9-10(5-8)15-6-14-9/h2-5H,6H2,1H3,(H,12,13)/b7-4+. The highest BCUT2D eigenvalue weighted by atomic mass is 16.7. The van der Waals surface area contributed by atoms with Crippen molar-refractivity contribution in [3.63, 3.8) is 0 Å². The van der Waals surface area contributed by atoms with E-state index in [4.69, 9.17) is 14.6 Å². The fourth-order valence-corrected chi connectivity index (χ4v) is 1.41. The van der Waals surface area contributed by atoms with Crippen molar-refractivity contribution in [2.75, 3.05) is 6.79 Å². The molecule has 0 unspecified atom stereocenters. The molecule has 0 bridgehead atoms. The van der Waals surface area contributed by atoms with E-state index in [-0.39, 0.29) is 6.79 Å². The van der Waals surface area contributed by atoms with E-state index in [1.54, 1.807) is 19.1 Å². The number of aliphatic carboxylic acids is 1. The smallest absolute Gasteiger partial charge is 0.328 e. The molecule has 0 saturated carbocycles. The monoisotopic (exact) mass is 206 g/mol. The van der Waals surface area contributed by atoms with Gasteiger partial charge in [0.1, 0.15) is 0 Å². The average Bonchev–Trinajstić information content (AvgIpc) is 2.62. The molecule has 1 aromatic rings. The summed E-state index contributed by atoms with van der Waals surface area (Å²) in [6.45, 7) is 1.96. The largest absolute Gasteiger partial charge is 0.478 e. The van der Waals surface area contributed by atoms with Gasteiger partial charge in [-0.3, -0.25) is 0 Å². The molecule has 2 rings (SSSR count). The lowest BCUT2D eigenvalue weighted by Crippen LogP contribution is -1.93. The summed E-state index contributed by atoms with van der Waals surface area (Å²) in [4.78, 5) is 10.5. The summed E-state index contributed by atoms with van der Waals surface area (Å²) in [5.74, 6) is 0.401. The topological polar surface area (TPSA) is 55.8 Å². The predicted octanol–water partition coefficient (Wildman–Crippen LogP) is 1.90. The van der Waals surface area contributed by atoms with Crippen molar-refractivity contribution in [1.29, 1.82) is 0 Å². The number of hydrogen-bond donors (Lipinski definition) is 1. The Labute approximate surface area is 86.7 Å². The van der Waals surface area contributed by atoms with E-state index in [0.717, 1.165) is 11.6 Å². The summed E-state index contributed by atoms with van der Waals surface area (Å²) in [5.41, 5.74) is 1.50. The van der Waals surface area contributed by atoms with Crippen molar-refractivity contribution in [3.05, 3.63) is 29.8 Å². The molecular formula is C11H10O4. The Morgan fingerprint density at radius 1 is 1.40 bits per heavy atom. The number of carboxylic acid groups (broad SMARTS) is 1. The zero-order valence-electron chi connectivity index (χ0n) is 8.19. The second kappa shape index (κ2) is 3.65. The molecule has 1 N–H and O–H groups in total. The Balaban J connectivity index is 2.34. The number of carbonyl (C=O) groups is 1. The molecule has 15 heavy (non-hydrogen) atoms. The van der Waals surface area contributed by atoms with Gasteiger partial charge >= 0.3 is 5.97 Å². The lowest BCUT2D eigenvalue weighted by Gasteiger charge is -2.02. The minimum atomic E-state index is -0.954. The summed E-state index contributed by atoms with van der Waals surface area (Å²) in [6, 6.07) is 5.36. The van der Waals surface area contributed by atoms with Gasteiger partial charge in [0.25, 0.3) is 0 Å². The van der Waals surface area contributed by atoms with E-state index < -0.39 is 5.97 Å². The second-order valence-corrected chi connectivity index (χ2v) is 3.23. The van der Waals surface area contributed by atoms with Gasteiger partial charge in [-0.25, -0.2) is 4.79 Å². The molecule has 1 aromatic carbocycles. The molecule has 0 atom stereocenters. The van der Waals surface area contributed by atoms with Crippen molar-refractivity contribution in [2.45, 2.75) is 6.92 Å². The Morgan fingerprint density at radius 3 is 2.87 bits per heavy atom. The van der Waals surface area contributed by atoms with Crippen molar-refractivity contribution in [3.8, 4) is 11.5 Å². The van der Waals surface area contributed by atoms with Crippen molar-refractivity contribution in [2.24, 2.45) is 0 Å². The van der Waals surface area contributed by atoms with Gasteiger partial charge in [0, 0.05) is 6.08 Å². The summed E-state index contributed by atoms with van der Waals surface area (Å²) in [7, 11) is 0. The maximum atomic E-state index is 10.5. The van der Waals surface area contributed by atoms with E-state index >= 15 is 0 Å². The van der Waals surface area contributed by atoms with Crippen LogP contribution in [0.15, 0.2) is 24.3 Å². The van der Waals surface area contributed by atoms with Crippen LogP contribution in [0, 0.1) is 0 Å². The number of fused-ring (bicyclic) bond motifs is 1. The third-order valence-corrected chi connectivity index (χ3v) is 2.17. The van der Waals surface area contributed by atoms with Gasteiger partial charge < -0.3 is 14.6 Å². The molecule has 1 heterocycles. The van der Waals surface area contributed by atoms with Crippen LogP contribution < -0.4 is 9.47 Å². The van der Waals surface area contributed by atoms with Crippen LogP contribution in [0.4, 0.5) is 0 Å².